The smallest absolute Gasteiger partial charge is 0.326 e. The Balaban J connectivity index is 1.06. The standard InChI is InChI=1S/C26H30FN5O3/c27-21-5-1-4-20-23(21)29-15-30-25(20)32-22(26(33)34)10-12-35-19-13-16(14-19)6-8-18-9-7-17-3-2-11-28-24(17)31-18/h1,4-5,7,9,15-16,19,22H,2-3,6,8,10-14H2,(H,28,31)(H,33,34)(H,29,30,32)/t16-,19-,22-/m0/s1. The van der Waals surface area contributed by atoms with Crippen LogP contribution in [-0.2, 0) is 22.4 Å². The molecule has 0 spiro atoms. The van der Waals surface area contributed by atoms with E-state index in [9.17, 15) is 14.3 Å². The second-order valence-corrected chi connectivity index (χ2v) is 9.39. The quantitative estimate of drug-likeness (QED) is 0.397. The molecule has 1 aliphatic carbocycles. The number of rotatable bonds is 10. The Kier molecular flexibility index (Phi) is 7.03. The van der Waals surface area contributed by atoms with Gasteiger partial charge < -0.3 is 20.5 Å². The van der Waals surface area contributed by atoms with Crippen molar-refractivity contribution >= 4 is 28.5 Å². The van der Waals surface area contributed by atoms with Crippen LogP contribution >= 0.6 is 0 Å². The fraction of sp³-hybridized carbons (Fsp3) is 0.462. The zero-order valence-electron chi connectivity index (χ0n) is 19.5. The van der Waals surface area contributed by atoms with E-state index in [2.05, 4.69) is 32.7 Å². The highest BCUT2D eigenvalue weighted by Crippen LogP contribution is 2.34. The minimum Gasteiger partial charge on any atom is -0.480 e. The number of benzene rings is 1. The topological polar surface area (TPSA) is 109 Å². The highest BCUT2D eigenvalue weighted by Gasteiger charge is 2.30. The lowest BCUT2D eigenvalue weighted by Gasteiger charge is -2.35. The molecular formula is C26H30FN5O3. The summed E-state index contributed by atoms with van der Waals surface area (Å²) in [4.78, 5) is 24.6. The molecule has 1 aromatic carbocycles. The van der Waals surface area contributed by atoms with Crippen LogP contribution in [-0.4, -0.2) is 51.3 Å². The van der Waals surface area contributed by atoms with Gasteiger partial charge in [0.05, 0.1) is 6.10 Å². The predicted octanol–water partition coefficient (Wildman–Crippen LogP) is 4.21. The Morgan fingerprint density at radius 2 is 2.14 bits per heavy atom. The number of carbonyl (C=O) groups is 1. The molecule has 35 heavy (non-hydrogen) atoms. The van der Waals surface area contributed by atoms with Crippen LogP contribution < -0.4 is 10.6 Å². The monoisotopic (exact) mass is 479 g/mol. The summed E-state index contributed by atoms with van der Waals surface area (Å²) in [5.41, 5.74) is 2.61. The highest BCUT2D eigenvalue weighted by molar-refractivity contribution is 5.90. The summed E-state index contributed by atoms with van der Waals surface area (Å²) >= 11 is 0. The van der Waals surface area contributed by atoms with E-state index < -0.39 is 17.8 Å². The van der Waals surface area contributed by atoms with Crippen molar-refractivity contribution in [2.75, 3.05) is 23.8 Å². The van der Waals surface area contributed by atoms with Crippen molar-refractivity contribution < 1.29 is 19.0 Å². The van der Waals surface area contributed by atoms with Crippen molar-refractivity contribution in [3.05, 3.63) is 53.7 Å². The van der Waals surface area contributed by atoms with Crippen LogP contribution in [0.5, 0.6) is 0 Å². The molecule has 0 bridgehead atoms. The number of nitrogens with one attached hydrogen (secondary N) is 2. The summed E-state index contributed by atoms with van der Waals surface area (Å²) in [6.45, 7) is 1.33. The lowest BCUT2D eigenvalue weighted by atomic mass is 9.79. The number of ether oxygens (including phenoxy) is 1. The van der Waals surface area contributed by atoms with E-state index in [1.54, 1.807) is 12.1 Å². The first-order chi connectivity index (χ1) is 17.1. The minimum absolute atomic E-state index is 0.160. The molecule has 8 nitrogen and oxygen atoms in total. The molecule has 0 unspecified atom stereocenters. The zero-order chi connectivity index (χ0) is 24.2. The van der Waals surface area contributed by atoms with Crippen LogP contribution in [0, 0.1) is 11.7 Å². The first-order valence-corrected chi connectivity index (χ1v) is 12.3. The summed E-state index contributed by atoms with van der Waals surface area (Å²) in [5, 5.41) is 16.4. The van der Waals surface area contributed by atoms with Gasteiger partial charge in [0, 0.05) is 30.7 Å². The molecule has 1 aliphatic heterocycles. The Labute approximate surface area is 203 Å². The van der Waals surface area contributed by atoms with Crippen LogP contribution in [0.4, 0.5) is 16.0 Å². The van der Waals surface area contributed by atoms with Crippen LogP contribution in [0.1, 0.15) is 43.4 Å². The molecule has 2 aliphatic rings. The third-order valence-electron chi connectivity index (χ3n) is 6.94. The maximum absolute atomic E-state index is 14.0. The van der Waals surface area contributed by atoms with Gasteiger partial charge in [-0.05, 0) is 68.2 Å². The number of fused-ring (bicyclic) bond motifs is 2. The second-order valence-electron chi connectivity index (χ2n) is 9.39. The maximum atomic E-state index is 14.0. The van der Waals surface area contributed by atoms with Gasteiger partial charge in [-0.15, -0.1) is 0 Å². The first kappa shape index (κ1) is 23.4. The minimum atomic E-state index is -1.00. The van der Waals surface area contributed by atoms with Crippen molar-refractivity contribution in [1.82, 2.24) is 15.0 Å². The number of aliphatic carboxylic acids is 1. The maximum Gasteiger partial charge on any atom is 0.326 e. The van der Waals surface area contributed by atoms with Crippen molar-refractivity contribution in [1.29, 1.82) is 0 Å². The van der Waals surface area contributed by atoms with Crippen LogP contribution in [0.25, 0.3) is 10.9 Å². The van der Waals surface area contributed by atoms with Crippen LogP contribution in [0.2, 0.25) is 0 Å². The Morgan fingerprint density at radius 3 is 3.00 bits per heavy atom. The molecule has 0 saturated heterocycles. The largest absolute Gasteiger partial charge is 0.480 e. The van der Waals surface area contributed by atoms with Gasteiger partial charge >= 0.3 is 5.97 Å². The number of hydrogen-bond acceptors (Lipinski definition) is 7. The average Bonchev–Trinajstić information content (AvgIpc) is 2.84. The Hall–Kier alpha value is -3.33. The highest BCUT2D eigenvalue weighted by atomic mass is 19.1. The SMILES string of the molecule is O=C(O)[C@H](CCO[C@H]1C[C@H](CCc2ccc3c(n2)NCCC3)C1)Nc1ncnc2c(F)cccc12. The Morgan fingerprint density at radius 1 is 1.26 bits per heavy atom. The van der Waals surface area contributed by atoms with Crippen molar-refractivity contribution in [2.24, 2.45) is 5.92 Å². The number of pyridine rings is 1. The molecule has 9 heteroatoms. The van der Waals surface area contributed by atoms with Gasteiger partial charge in [-0.3, -0.25) is 0 Å². The van der Waals surface area contributed by atoms with Gasteiger partial charge in [-0.25, -0.2) is 24.1 Å². The first-order valence-electron chi connectivity index (χ1n) is 12.3. The van der Waals surface area contributed by atoms with Gasteiger partial charge in [0.1, 0.15) is 35.3 Å². The molecule has 0 amide bonds. The molecule has 1 fully saturated rings. The second kappa shape index (κ2) is 10.5. The van der Waals surface area contributed by atoms with Crippen molar-refractivity contribution in [3.63, 3.8) is 0 Å². The predicted molar refractivity (Wildman–Crippen MR) is 131 cm³/mol. The Bertz CT molecular complexity index is 1200. The average molecular weight is 480 g/mol. The number of carboxylic acids is 1. The van der Waals surface area contributed by atoms with Crippen molar-refractivity contribution in [3.8, 4) is 0 Å². The lowest BCUT2D eigenvalue weighted by Crippen LogP contribution is -2.35. The number of aromatic nitrogens is 3. The number of para-hydroxylation sites is 1. The van der Waals surface area contributed by atoms with E-state index in [4.69, 9.17) is 9.72 Å². The molecule has 0 radical (unpaired) electrons. The van der Waals surface area contributed by atoms with Crippen molar-refractivity contribution in [2.45, 2.75) is 57.1 Å². The van der Waals surface area contributed by atoms with Crippen LogP contribution in [0.15, 0.2) is 36.7 Å². The van der Waals surface area contributed by atoms with E-state index in [0.717, 1.165) is 56.6 Å². The molecule has 3 aromatic rings. The summed E-state index contributed by atoms with van der Waals surface area (Å²) in [6.07, 6.45) is 7.97. The number of anilines is 2. The third-order valence-corrected chi connectivity index (χ3v) is 6.94. The van der Waals surface area contributed by atoms with Crippen LogP contribution in [0.3, 0.4) is 0 Å². The summed E-state index contributed by atoms with van der Waals surface area (Å²) in [5.74, 6) is 0.486. The van der Waals surface area contributed by atoms with Gasteiger partial charge in [0.2, 0.25) is 0 Å². The molecule has 1 saturated carbocycles. The molecule has 1 atom stereocenters. The summed E-state index contributed by atoms with van der Waals surface area (Å²) in [6, 6.07) is 7.98. The van der Waals surface area contributed by atoms with E-state index in [1.165, 1.54) is 18.0 Å². The molecular weight excluding hydrogens is 449 g/mol. The van der Waals surface area contributed by atoms with Gasteiger partial charge in [-0.1, -0.05) is 12.1 Å². The van der Waals surface area contributed by atoms with E-state index in [1.807, 2.05) is 0 Å². The number of hydrogen-bond donors (Lipinski definition) is 3. The summed E-state index contributed by atoms with van der Waals surface area (Å²) in [7, 11) is 0. The number of nitrogens with zero attached hydrogens (tertiary/aromatic N) is 3. The van der Waals surface area contributed by atoms with E-state index >= 15 is 0 Å². The number of carboxylic acid groups (broad SMARTS) is 1. The molecule has 3 N–H and O–H groups in total. The van der Waals surface area contributed by atoms with E-state index in [-0.39, 0.29) is 18.0 Å². The fourth-order valence-electron chi connectivity index (χ4n) is 4.85. The molecule has 2 aromatic heterocycles. The molecule has 5 rings (SSSR count). The van der Waals surface area contributed by atoms with Gasteiger partial charge in [0.25, 0.3) is 0 Å². The lowest BCUT2D eigenvalue weighted by molar-refractivity contribution is -0.138. The molecule has 184 valence electrons. The van der Waals surface area contributed by atoms with Gasteiger partial charge in [0.15, 0.2) is 0 Å². The summed E-state index contributed by atoms with van der Waals surface area (Å²) < 4.78 is 19.9. The number of aryl methyl sites for hydroxylation is 2. The fourth-order valence-corrected chi connectivity index (χ4v) is 4.85. The third kappa shape index (κ3) is 5.51. The normalized spacial score (nSPS) is 19.9. The van der Waals surface area contributed by atoms with E-state index in [0.29, 0.717) is 23.7 Å². The number of halogens is 1. The van der Waals surface area contributed by atoms with Gasteiger partial charge in [-0.2, -0.15) is 0 Å². The molecule has 3 heterocycles. The zero-order valence-corrected chi connectivity index (χ0v) is 19.5.